The van der Waals surface area contributed by atoms with E-state index in [9.17, 15) is 9.18 Å². The highest BCUT2D eigenvalue weighted by molar-refractivity contribution is 5.81. The molecule has 0 saturated carbocycles. The average molecular weight is 252 g/mol. The summed E-state index contributed by atoms with van der Waals surface area (Å²) in [5.74, 6) is -0.364. The Kier molecular flexibility index (Phi) is 4.70. The molecule has 0 aromatic heterocycles. The second-order valence-electron chi connectivity index (χ2n) is 5.10. The summed E-state index contributed by atoms with van der Waals surface area (Å²) in [6.45, 7) is 7.80. The second-order valence-corrected chi connectivity index (χ2v) is 5.10. The van der Waals surface area contributed by atoms with Crippen LogP contribution in [0.15, 0.2) is 18.2 Å². The van der Waals surface area contributed by atoms with E-state index in [0.717, 1.165) is 6.42 Å². The van der Waals surface area contributed by atoms with Gasteiger partial charge in [-0.15, -0.1) is 0 Å². The monoisotopic (exact) mass is 252 g/mol. The molecule has 0 aliphatic rings. The summed E-state index contributed by atoms with van der Waals surface area (Å²) in [7, 11) is 0. The number of anilines is 1. The summed E-state index contributed by atoms with van der Waals surface area (Å²) in [5, 5.41) is 5.81. The van der Waals surface area contributed by atoms with Gasteiger partial charge in [-0.2, -0.15) is 0 Å². The highest BCUT2D eigenvalue weighted by Crippen LogP contribution is 2.13. The maximum absolute atomic E-state index is 13.3. The second kappa shape index (κ2) is 5.85. The van der Waals surface area contributed by atoms with E-state index in [-0.39, 0.29) is 23.8 Å². The summed E-state index contributed by atoms with van der Waals surface area (Å²) < 4.78 is 13.3. The minimum Gasteiger partial charge on any atom is -0.376 e. The number of benzene rings is 1. The molecule has 4 heteroatoms. The maximum Gasteiger partial charge on any atom is 0.239 e. The van der Waals surface area contributed by atoms with Gasteiger partial charge in [0.05, 0.1) is 6.54 Å². The fourth-order valence-electron chi connectivity index (χ4n) is 1.40. The average Bonchev–Trinajstić information content (AvgIpc) is 2.30. The van der Waals surface area contributed by atoms with Crippen LogP contribution < -0.4 is 10.6 Å². The fraction of sp³-hybridized carbons (Fsp3) is 0.500. The molecule has 0 unspecified atom stereocenters. The Morgan fingerprint density at radius 2 is 2.06 bits per heavy atom. The molecule has 0 saturated heterocycles. The summed E-state index contributed by atoms with van der Waals surface area (Å²) in [6, 6.07) is 4.84. The molecular formula is C14H21FN2O. The van der Waals surface area contributed by atoms with Crippen LogP contribution in [0.25, 0.3) is 0 Å². The molecule has 0 heterocycles. The molecular weight excluding hydrogens is 231 g/mol. The van der Waals surface area contributed by atoms with Crippen molar-refractivity contribution in [2.75, 3.05) is 11.9 Å². The molecule has 1 aromatic rings. The third-order valence-electron chi connectivity index (χ3n) is 2.99. The Bertz CT molecular complexity index is 430. The van der Waals surface area contributed by atoms with Gasteiger partial charge in [-0.3, -0.25) is 4.79 Å². The van der Waals surface area contributed by atoms with E-state index in [4.69, 9.17) is 0 Å². The molecule has 2 N–H and O–H groups in total. The van der Waals surface area contributed by atoms with Crippen molar-refractivity contribution in [1.29, 1.82) is 0 Å². The van der Waals surface area contributed by atoms with Gasteiger partial charge in [-0.05, 0) is 44.9 Å². The zero-order valence-corrected chi connectivity index (χ0v) is 11.4. The summed E-state index contributed by atoms with van der Waals surface area (Å²) >= 11 is 0. The van der Waals surface area contributed by atoms with Crippen LogP contribution >= 0.6 is 0 Å². The van der Waals surface area contributed by atoms with Gasteiger partial charge in [0.2, 0.25) is 5.91 Å². The first-order chi connectivity index (χ1) is 8.34. The number of hydrogen-bond acceptors (Lipinski definition) is 2. The Morgan fingerprint density at radius 1 is 1.39 bits per heavy atom. The number of aryl methyl sites for hydroxylation is 1. The van der Waals surface area contributed by atoms with Crippen molar-refractivity contribution in [2.24, 2.45) is 0 Å². The molecule has 3 nitrogen and oxygen atoms in total. The third kappa shape index (κ3) is 4.35. The minimum atomic E-state index is -0.269. The molecule has 0 radical (unpaired) electrons. The van der Waals surface area contributed by atoms with Crippen LogP contribution in [0, 0.1) is 12.7 Å². The summed E-state index contributed by atoms with van der Waals surface area (Å²) in [4.78, 5) is 11.7. The van der Waals surface area contributed by atoms with Crippen LogP contribution in [0.3, 0.4) is 0 Å². The van der Waals surface area contributed by atoms with Gasteiger partial charge < -0.3 is 10.6 Å². The normalized spacial score (nSPS) is 11.2. The third-order valence-corrected chi connectivity index (χ3v) is 2.99. The molecule has 100 valence electrons. The van der Waals surface area contributed by atoms with Crippen molar-refractivity contribution in [2.45, 2.75) is 39.7 Å². The number of carbonyl (C=O) groups is 1. The molecule has 0 fully saturated rings. The van der Waals surface area contributed by atoms with Gasteiger partial charge in [0.15, 0.2) is 0 Å². The lowest BCUT2D eigenvalue weighted by Crippen LogP contribution is -2.45. The van der Waals surface area contributed by atoms with E-state index in [1.807, 2.05) is 20.8 Å². The minimum absolute atomic E-state index is 0.0946. The van der Waals surface area contributed by atoms with Crippen molar-refractivity contribution >= 4 is 11.6 Å². The van der Waals surface area contributed by atoms with Crippen LogP contribution in [0.5, 0.6) is 0 Å². The lowest BCUT2D eigenvalue weighted by molar-refractivity contribution is -0.121. The van der Waals surface area contributed by atoms with Crippen LogP contribution in [0.2, 0.25) is 0 Å². The molecule has 0 bridgehead atoms. The molecule has 1 rings (SSSR count). The van der Waals surface area contributed by atoms with Crippen LogP contribution in [0.4, 0.5) is 10.1 Å². The molecule has 0 spiro atoms. The van der Waals surface area contributed by atoms with Gasteiger partial charge in [0.1, 0.15) is 5.82 Å². The zero-order valence-electron chi connectivity index (χ0n) is 11.4. The molecule has 1 amide bonds. The van der Waals surface area contributed by atoms with Crippen molar-refractivity contribution in [1.82, 2.24) is 5.32 Å². The number of rotatable bonds is 5. The first kappa shape index (κ1) is 14.5. The van der Waals surface area contributed by atoms with Gasteiger partial charge in [-0.1, -0.05) is 13.0 Å². The van der Waals surface area contributed by atoms with E-state index in [1.54, 1.807) is 19.1 Å². The van der Waals surface area contributed by atoms with Crippen LogP contribution in [-0.2, 0) is 4.79 Å². The molecule has 18 heavy (non-hydrogen) atoms. The standard InChI is InChI=1S/C14H21FN2O/c1-5-14(3,4)17-13(18)9-16-11-7-6-10(2)12(15)8-11/h6-8,16H,5,9H2,1-4H3,(H,17,18). The topological polar surface area (TPSA) is 41.1 Å². The number of amides is 1. The number of halogens is 1. The van der Waals surface area contributed by atoms with E-state index < -0.39 is 0 Å². The number of carbonyl (C=O) groups excluding carboxylic acids is 1. The van der Waals surface area contributed by atoms with Crippen molar-refractivity contribution in [3.05, 3.63) is 29.6 Å². The summed E-state index contributed by atoms with van der Waals surface area (Å²) in [6.07, 6.45) is 0.859. The Balaban J connectivity index is 2.50. The lowest BCUT2D eigenvalue weighted by atomic mass is 10.0. The smallest absolute Gasteiger partial charge is 0.239 e. The number of hydrogen-bond donors (Lipinski definition) is 2. The van der Waals surface area contributed by atoms with Gasteiger partial charge in [-0.25, -0.2) is 4.39 Å². The molecule has 0 aliphatic carbocycles. The zero-order chi connectivity index (χ0) is 13.8. The van der Waals surface area contributed by atoms with Crippen LogP contribution in [-0.4, -0.2) is 18.0 Å². The maximum atomic E-state index is 13.3. The van der Waals surface area contributed by atoms with E-state index in [0.29, 0.717) is 11.3 Å². The van der Waals surface area contributed by atoms with Crippen molar-refractivity contribution in [3.63, 3.8) is 0 Å². The van der Waals surface area contributed by atoms with Crippen LogP contribution in [0.1, 0.15) is 32.8 Å². The Hall–Kier alpha value is -1.58. The highest BCUT2D eigenvalue weighted by atomic mass is 19.1. The Labute approximate surface area is 108 Å². The SMILES string of the molecule is CCC(C)(C)NC(=O)CNc1ccc(C)c(F)c1. The van der Waals surface area contributed by atoms with E-state index >= 15 is 0 Å². The molecule has 1 aromatic carbocycles. The highest BCUT2D eigenvalue weighted by Gasteiger charge is 2.17. The fourth-order valence-corrected chi connectivity index (χ4v) is 1.40. The molecule has 0 aliphatic heterocycles. The van der Waals surface area contributed by atoms with Gasteiger partial charge in [0.25, 0.3) is 0 Å². The first-order valence-corrected chi connectivity index (χ1v) is 6.15. The Morgan fingerprint density at radius 3 is 2.61 bits per heavy atom. The quantitative estimate of drug-likeness (QED) is 0.846. The van der Waals surface area contributed by atoms with Crippen molar-refractivity contribution in [3.8, 4) is 0 Å². The van der Waals surface area contributed by atoms with Gasteiger partial charge in [0, 0.05) is 11.2 Å². The summed E-state index contributed by atoms with van der Waals surface area (Å²) in [5.41, 5.74) is 0.997. The van der Waals surface area contributed by atoms with E-state index in [1.165, 1.54) is 6.07 Å². The largest absolute Gasteiger partial charge is 0.376 e. The predicted octanol–water partition coefficient (Wildman–Crippen LogP) is 2.85. The van der Waals surface area contributed by atoms with Gasteiger partial charge >= 0.3 is 0 Å². The first-order valence-electron chi connectivity index (χ1n) is 6.15. The van der Waals surface area contributed by atoms with E-state index in [2.05, 4.69) is 10.6 Å². The number of nitrogens with one attached hydrogen (secondary N) is 2. The molecule has 0 atom stereocenters. The lowest BCUT2D eigenvalue weighted by Gasteiger charge is -2.24. The van der Waals surface area contributed by atoms with Crippen molar-refractivity contribution < 1.29 is 9.18 Å². The predicted molar refractivity (Wildman–Crippen MR) is 72.1 cm³/mol.